The fourth-order valence-electron chi connectivity index (χ4n) is 2.88. The van der Waals surface area contributed by atoms with Gasteiger partial charge in [-0.1, -0.05) is 42.5 Å². The lowest BCUT2D eigenvalue weighted by Gasteiger charge is -2.14. The molecule has 2 aromatic heterocycles. The highest BCUT2D eigenvalue weighted by atomic mass is 16.6. The van der Waals surface area contributed by atoms with Crippen LogP contribution in [-0.4, -0.2) is 9.55 Å². The molecule has 0 bridgehead atoms. The summed E-state index contributed by atoms with van der Waals surface area (Å²) in [6.45, 7) is 4.37. The normalized spacial score (nSPS) is 11.0. The van der Waals surface area contributed by atoms with Gasteiger partial charge in [0.25, 0.3) is 5.56 Å². The highest BCUT2D eigenvalue weighted by Crippen LogP contribution is 2.24. The van der Waals surface area contributed by atoms with Crippen molar-refractivity contribution in [3.05, 3.63) is 87.8 Å². The summed E-state index contributed by atoms with van der Waals surface area (Å²) in [6.07, 6.45) is 0.0674. The molecule has 4 aromatic rings. The number of pyridine rings is 1. The average molecular weight is 346 g/mol. The monoisotopic (exact) mass is 346 g/mol. The first-order valence-corrected chi connectivity index (χ1v) is 8.40. The first kappa shape index (κ1) is 16.1. The van der Waals surface area contributed by atoms with Gasteiger partial charge in [0, 0.05) is 5.69 Å². The van der Waals surface area contributed by atoms with Crippen molar-refractivity contribution < 1.29 is 9.15 Å². The van der Waals surface area contributed by atoms with Crippen LogP contribution in [0.15, 0.2) is 69.9 Å². The summed E-state index contributed by atoms with van der Waals surface area (Å²) in [7, 11) is 0. The molecular formula is C21H18N2O3. The number of nitrogens with zero attached hydrogens (tertiary/aromatic N) is 2. The zero-order valence-electron chi connectivity index (χ0n) is 14.6. The lowest BCUT2D eigenvalue weighted by atomic mass is 10.2. The molecule has 0 radical (unpaired) electrons. The van der Waals surface area contributed by atoms with Crippen LogP contribution < -0.4 is 10.3 Å². The zero-order chi connectivity index (χ0) is 18.1. The predicted molar refractivity (Wildman–Crippen MR) is 99.8 cm³/mol. The van der Waals surface area contributed by atoms with Crippen LogP contribution in [0.25, 0.3) is 11.1 Å². The van der Waals surface area contributed by atoms with Gasteiger partial charge in [-0.25, -0.2) is 0 Å². The van der Waals surface area contributed by atoms with E-state index in [-0.39, 0.29) is 17.4 Å². The van der Waals surface area contributed by atoms with E-state index in [0.717, 1.165) is 16.8 Å². The molecule has 0 aliphatic rings. The Morgan fingerprint density at radius 3 is 2.54 bits per heavy atom. The lowest BCUT2D eigenvalue weighted by Crippen LogP contribution is -2.24. The minimum Gasteiger partial charge on any atom is -0.409 e. The summed E-state index contributed by atoms with van der Waals surface area (Å²) >= 11 is 0. The molecule has 26 heavy (non-hydrogen) atoms. The first-order chi connectivity index (χ1) is 12.6. The highest BCUT2D eigenvalue weighted by Gasteiger charge is 2.15. The van der Waals surface area contributed by atoms with E-state index in [9.17, 15) is 4.79 Å². The van der Waals surface area contributed by atoms with Gasteiger partial charge < -0.3 is 13.7 Å². The van der Waals surface area contributed by atoms with Crippen molar-refractivity contribution in [2.75, 3.05) is 0 Å². The summed E-state index contributed by atoms with van der Waals surface area (Å²) in [4.78, 5) is 17.2. The van der Waals surface area contributed by atoms with Crippen molar-refractivity contribution in [1.82, 2.24) is 9.55 Å². The molecule has 4 rings (SSSR count). The Kier molecular flexibility index (Phi) is 4.05. The summed E-state index contributed by atoms with van der Waals surface area (Å²) in [5, 5.41) is 0. The molecule has 0 fully saturated rings. The van der Waals surface area contributed by atoms with E-state index < -0.39 is 0 Å². The van der Waals surface area contributed by atoms with E-state index in [4.69, 9.17) is 9.15 Å². The van der Waals surface area contributed by atoms with Gasteiger partial charge in [0.1, 0.15) is 5.52 Å². The second-order valence-corrected chi connectivity index (χ2v) is 6.20. The number of hydrogen-bond donors (Lipinski definition) is 0. The fraction of sp³-hybridized carbons (Fsp3) is 0.143. The van der Waals surface area contributed by atoms with E-state index in [1.165, 1.54) is 0 Å². The number of fused-ring (bicyclic) bond motifs is 1. The number of aromatic nitrogens is 2. The van der Waals surface area contributed by atoms with Crippen LogP contribution in [-0.2, 0) is 6.54 Å². The van der Waals surface area contributed by atoms with Crippen molar-refractivity contribution in [1.29, 1.82) is 0 Å². The standard InChI is InChI=1S/C21H18N2O3/c1-14-12-19(26-21-22-17-10-6-7-11-18(17)25-21)20(24)23(15(14)2)13-16-8-4-3-5-9-16/h3-12H,13H2,1-2H3. The maximum atomic E-state index is 12.9. The molecule has 0 amide bonds. The number of para-hydroxylation sites is 2. The van der Waals surface area contributed by atoms with Crippen LogP contribution in [0.3, 0.4) is 0 Å². The van der Waals surface area contributed by atoms with Crippen LogP contribution in [0.4, 0.5) is 0 Å². The molecule has 0 saturated heterocycles. The molecule has 0 aliphatic heterocycles. The van der Waals surface area contributed by atoms with E-state index in [1.54, 1.807) is 10.6 Å². The van der Waals surface area contributed by atoms with Gasteiger partial charge in [0.2, 0.25) is 0 Å². The van der Waals surface area contributed by atoms with E-state index in [0.29, 0.717) is 17.6 Å². The van der Waals surface area contributed by atoms with Gasteiger partial charge in [0.05, 0.1) is 6.54 Å². The maximum Gasteiger partial charge on any atom is 0.400 e. The minimum absolute atomic E-state index is 0.0674. The molecule has 2 aromatic carbocycles. The van der Waals surface area contributed by atoms with Gasteiger partial charge in [-0.3, -0.25) is 4.79 Å². The quantitative estimate of drug-likeness (QED) is 0.548. The summed E-state index contributed by atoms with van der Waals surface area (Å²) in [6, 6.07) is 19.0. The number of aryl methyl sites for hydroxylation is 1. The Morgan fingerprint density at radius 1 is 1.04 bits per heavy atom. The van der Waals surface area contributed by atoms with E-state index in [1.807, 2.05) is 68.4 Å². The second-order valence-electron chi connectivity index (χ2n) is 6.20. The van der Waals surface area contributed by atoms with E-state index >= 15 is 0 Å². The molecule has 0 spiro atoms. The molecule has 0 unspecified atom stereocenters. The summed E-state index contributed by atoms with van der Waals surface area (Å²) in [5.41, 5.74) is 4.03. The van der Waals surface area contributed by atoms with Crippen LogP contribution in [0.1, 0.15) is 16.8 Å². The second kappa shape index (κ2) is 6.52. The van der Waals surface area contributed by atoms with Gasteiger partial charge in [-0.05, 0) is 43.2 Å². The Labute approximate surface area is 150 Å². The summed E-state index contributed by atoms with van der Waals surface area (Å²) in [5.74, 6) is 0.204. The third-order valence-corrected chi connectivity index (χ3v) is 4.43. The third-order valence-electron chi connectivity index (χ3n) is 4.43. The smallest absolute Gasteiger partial charge is 0.400 e. The minimum atomic E-state index is -0.209. The third kappa shape index (κ3) is 2.99. The molecule has 5 nitrogen and oxygen atoms in total. The average Bonchev–Trinajstić information content (AvgIpc) is 3.06. The van der Waals surface area contributed by atoms with Gasteiger partial charge >= 0.3 is 6.08 Å². The molecule has 130 valence electrons. The maximum absolute atomic E-state index is 12.9. The van der Waals surface area contributed by atoms with Crippen LogP contribution >= 0.6 is 0 Å². The first-order valence-electron chi connectivity index (χ1n) is 8.40. The molecule has 5 heteroatoms. The number of benzene rings is 2. The Balaban J connectivity index is 1.73. The number of ether oxygens (including phenoxy) is 1. The van der Waals surface area contributed by atoms with Crippen molar-refractivity contribution in [3.8, 4) is 11.8 Å². The van der Waals surface area contributed by atoms with Gasteiger partial charge in [-0.2, -0.15) is 4.98 Å². The predicted octanol–water partition coefficient (Wildman–Crippen LogP) is 4.45. The number of hydrogen-bond acceptors (Lipinski definition) is 4. The van der Waals surface area contributed by atoms with Crippen molar-refractivity contribution in [3.63, 3.8) is 0 Å². The van der Waals surface area contributed by atoms with Crippen molar-refractivity contribution in [2.45, 2.75) is 20.4 Å². The lowest BCUT2D eigenvalue weighted by molar-refractivity contribution is 0.337. The molecule has 0 saturated carbocycles. The van der Waals surface area contributed by atoms with Gasteiger partial charge in [-0.15, -0.1) is 0 Å². The fourth-order valence-corrected chi connectivity index (χ4v) is 2.88. The van der Waals surface area contributed by atoms with Crippen molar-refractivity contribution >= 4 is 11.1 Å². The van der Waals surface area contributed by atoms with Crippen LogP contribution in [0, 0.1) is 13.8 Å². The number of rotatable bonds is 4. The van der Waals surface area contributed by atoms with Crippen molar-refractivity contribution in [2.24, 2.45) is 0 Å². The largest absolute Gasteiger partial charge is 0.409 e. The molecule has 0 atom stereocenters. The SMILES string of the molecule is Cc1cc(Oc2nc3ccccc3o2)c(=O)n(Cc2ccccc2)c1C. The van der Waals surface area contributed by atoms with Crippen LogP contribution in [0.2, 0.25) is 0 Å². The van der Waals surface area contributed by atoms with Crippen LogP contribution in [0.5, 0.6) is 11.8 Å². The Hall–Kier alpha value is -3.34. The Morgan fingerprint density at radius 2 is 1.77 bits per heavy atom. The van der Waals surface area contributed by atoms with Gasteiger partial charge in [0.15, 0.2) is 11.3 Å². The summed E-state index contributed by atoms with van der Waals surface area (Å²) < 4.78 is 13.0. The molecule has 0 aliphatic carbocycles. The molecule has 0 N–H and O–H groups in total. The van der Waals surface area contributed by atoms with E-state index in [2.05, 4.69) is 4.98 Å². The number of oxazole rings is 1. The topological polar surface area (TPSA) is 57.3 Å². The Bertz CT molecular complexity index is 1090. The molecular weight excluding hydrogens is 328 g/mol. The highest BCUT2D eigenvalue weighted by molar-refractivity contribution is 5.72. The molecule has 2 heterocycles. The zero-order valence-corrected chi connectivity index (χ0v) is 14.6.